The van der Waals surface area contributed by atoms with Gasteiger partial charge in [-0.3, -0.25) is 9.80 Å². The Balaban J connectivity index is 4.64. The van der Waals surface area contributed by atoms with Crippen molar-refractivity contribution in [3.05, 3.63) is 12.2 Å². The van der Waals surface area contributed by atoms with Crippen LogP contribution in [0.2, 0.25) is 12.6 Å². The second-order valence-electron chi connectivity index (χ2n) is 4.63. The zero-order valence-corrected chi connectivity index (χ0v) is 14.0. The molecule has 0 aromatic heterocycles. The minimum absolute atomic E-state index is 0.113. The number of hydrogen-bond acceptors (Lipinski definition) is 2. The van der Waals surface area contributed by atoms with Gasteiger partial charge in [0.2, 0.25) is 0 Å². The summed E-state index contributed by atoms with van der Waals surface area (Å²) in [6.07, 6.45) is 1.72. The Hall–Kier alpha value is -0.123. The monoisotopic (exact) mass is 256 g/mol. The highest BCUT2D eigenvalue weighted by molar-refractivity contribution is 6.34. The summed E-state index contributed by atoms with van der Waals surface area (Å²) in [6, 6.07) is 1.30. The summed E-state index contributed by atoms with van der Waals surface area (Å²) in [5.41, 5.74) is 1.46. The van der Waals surface area contributed by atoms with Crippen LogP contribution in [0.4, 0.5) is 0 Å². The summed E-state index contributed by atoms with van der Waals surface area (Å²) in [5, 5.41) is 0. The molecule has 0 amide bonds. The number of rotatable bonds is 10. The maximum Gasteiger partial charge on any atom is 0.0659 e. The minimum atomic E-state index is 0.113. The van der Waals surface area contributed by atoms with Gasteiger partial charge in [0.1, 0.15) is 0 Å². The largest absolute Gasteiger partial charge is 0.288 e. The van der Waals surface area contributed by atoms with E-state index in [2.05, 4.69) is 50.6 Å². The molecular formula is C14H32N2Si. The normalized spacial score (nSPS) is 12.5. The lowest BCUT2D eigenvalue weighted by atomic mass is 10.1. The van der Waals surface area contributed by atoms with Crippen LogP contribution in [0, 0.1) is 0 Å². The van der Waals surface area contributed by atoms with Crippen LogP contribution < -0.4 is 0 Å². The first-order valence-corrected chi connectivity index (χ1v) is 9.70. The van der Waals surface area contributed by atoms with Gasteiger partial charge in [-0.05, 0) is 38.6 Å². The maximum atomic E-state index is 4.27. The second kappa shape index (κ2) is 9.86. The Morgan fingerprint density at radius 2 is 1.41 bits per heavy atom. The van der Waals surface area contributed by atoms with Crippen LogP contribution in [-0.2, 0) is 0 Å². The van der Waals surface area contributed by atoms with Crippen molar-refractivity contribution in [2.75, 3.05) is 26.2 Å². The lowest BCUT2D eigenvalue weighted by Gasteiger charge is -2.38. The van der Waals surface area contributed by atoms with Crippen LogP contribution in [0.3, 0.4) is 0 Å². The van der Waals surface area contributed by atoms with Crippen molar-refractivity contribution in [3.8, 4) is 0 Å². The fourth-order valence-electron chi connectivity index (χ4n) is 2.49. The highest BCUT2D eigenvalue weighted by atomic mass is 28.2. The molecule has 17 heavy (non-hydrogen) atoms. The van der Waals surface area contributed by atoms with Crippen LogP contribution in [0.5, 0.6) is 0 Å². The third kappa shape index (κ3) is 5.84. The molecular weight excluding hydrogens is 224 g/mol. The van der Waals surface area contributed by atoms with Crippen molar-refractivity contribution in [2.45, 2.75) is 52.9 Å². The SMILES string of the molecule is C=C(C[SiH2]C)CC(N(CC)CC)N(CC)CC. The molecule has 0 aromatic rings. The van der Waals surface area contributed by atoms with Crippen molar-refractivity contribution in [1.82, 2.24) is 9.80 Å². The van der Waals surface area contributed by atoms with Crippen molar-refractivity contribution >= 4 is 9.52 Å². The lowest BCUT2D eigenvalue weighted by Crippen LogP contribution is -2.48. The standard InChI is InChI=1S/C14H32N2Si/c1-7-15(8-2)14(16(9-3)10-4)11-13(5)12-17-6/h14H,5,7-12,17H2,1-4,6H3. The molecule has 0 rings (SSSR count). The minimum Gasteiger partial charge on any atom is -0.288 e. The molecule has 102 valence electrons. The van der Waals surface area contributed by atoms with E-state index < -0.39 is 0 Å². The first-order chi connectivity index (χ1) is 8.14. The van der Waals surface area contributed by atoms with Gasteiger partial charge in [0.25, 0.3) is 0 Å². The molecule has 0 aromatic carbocycles. The van der Waals surface area contributed by atoms with Gasteiger partial charge in [0.05, 0.1) is 6.17 Å². The van der Waals surface area contributed by atoms with Gasteiger partial charge in [0, 0.05) is 9.52 Å². The second-order valence-corrected chi connectivity index (χ2v) is 6.13. The van der Waals surface area contributed by atoms with E-state index in [0.29, 0.717) is 6.17 Å². The topological polar surface area (TPSA) is 6.48 Å². The Bertz CT molecular complexity index is 186. The van der Waals surface area contributed by atoms with E-state index in [-0.39, 0.29) is 9.52 Å². The third-order valence-electron chi connectivity index (χ3n) is 3.54. The Morgan fingerprint density at radius 1 is 1.00 bits per heavy atom. The molecule has 0 saturated carbocycles. The molecule has 0 spiro atoms. The van der Waals surface area contributed by atoms with Crippen molar-refractivity contribution in [2.24, 2.45) is 0 Å². The van der Waals surface area contributed by atoms with Crippen LogP contribution in [0.25, 0.3) is 0 Å². The molecule has 0 bridgehead atoms. The predicted octanol–water partition coefficient (Wildman–Crippen LogP) is 2.58. The molecule has 0 aliphatic rings. The Morgan fingerprint density at radius 3 is 1.71 bits per heavy atom. The third-order valence-corrected chi connectivity index (χ3v) is 4.75. The summed E-state index contributed by atoms with van der Waals surface area (Å²) in [5.74, 6) is 0. The Kier molecular flexibility index (Phi) is 9.79. The molecule has 0 saturated heterocycles. The molecule has 0 N–H and O–H groups in total. The molecule has 2 nitrogen and oxygen atoms in total. The van der Waals surface area contributed by atoms with Crippen molar-refractivity contribution < 1.29 is 0 Å². The first kappa shape index (κ1) is 16.9. The number of nitrogens with zero attached hydrogens (tertiary/aromatic N) is 2. The van der Waals surface area contributed by atoms with Gasteiger partial charge in [-0.15, -0.1) is 6.58 Å². The molecule has 0 radical (unpaired) electrons. The van der Waals surface area contributed by atoms with E-state index in [4.69, 9.17) is 0 Å². The summed E-state index contributed by atoms with van der Waals surface area (Å²) >= 11 is 0. The zero-order valence-electron chi connectivity index (χ0n) is 12.6. The van der Waals surface area contributed by atoms with Crippen molar-refractivity contribution in [1.29, 1.82) is 0 Å². The fraction of sp³-hybridized carbons (Fsp3) is 0.857. The van der Waals surface area contributed by atoms with E-state index in [0.717, 1.165) is 32.6 Å². The quantitative estimate of drug-likeness (QED) is 0.337. The average Bonchev–Trinajstić information content (AvgIpc) is 2.32. The van der Waals surface area contributed by atoms with Crippen LogP contribution in [0.1, 0.15) is 34.1 Å². The van der Waals surface area contributed by atoms with E-state index in [1.165, 1.54) is 11.6 Å². The zero-order chi connectivity index (χ0) is 13.3. The highest BCUT2D eigenvalue weighted by Gasteiger charge is 2.21. The van der Waals surface area contributed by atoms with Gasteiger partial charge < -0.3 is 0 Å². The molecule has 0 aliphatic heterocycles. The van der Waals surface area contributed by atoms with Gasteiger partial charge in [-0.25, -0.2) is 0 Å². The smallest absolute Gasteiger partial charge is 0.0659 e. The molecule has 0 fully saturated rings. The maximum absolute atomic E-state index is 4.27. The lowest BCUT2D eigenvalue weighted by molar-refractivity contribution is 0.0571. The first-order valence-electron chi connectivity index (χ1n) is 7.29. The van der Waals surface area contributed by atoms with Crippen LogP contribution >= 0.6 is 0 Å². The van der Waals surface area contributed by atoms with Gasteiger partial charge >= 0.3 is 0 Å². The molecule has 0 unspecified atom stereocenters. The summed E-state index contributed by atoms with van der Waals surface area (Å²) in [6.45, 7) is 20.2. The average molecular weight is 257 g/mol. The number of hydrogen-bond donors (Lipinski definition) is 0. The highest BCUT2D eigenvalue weighted by Crippen LogP contribution is 2.17. The van der Waals surface area contributed by atoms with Gasteiger partial charge in [-0.2, -0.15) is 0 Å². The van der Waals surface area contributed by atoms with E-state index >= 15 is 0 Å². The summed E-state index contributed by atoms with van der Waals surface area (Å²) < 4.78 is 0. The molecule has 0 atom stereocenters. The van der Waals surface area contributed by atoms with Gasteiger partial charge in [-0.1, -0.05) is 39.8 Å². The fourth-order valence-corrected chi connectivity index (χ4v) is 3.40. The summed E-state index contributed by atoms with van der Waals surface area (Å²) in [7, 11) is 0.113. The summed E-state index contributed by atoms with van der Waals surface area (Å²) in [4.78, 5) is 5.13. The van der Waals surface area contributed by atoms with Crippen molar-refractivity contribution in [3.63, 3.8) is 0 Å². The molecule has 0 aliphatic carbocycles. The van der Waals surface area contributed by atoms with Gasteiger partial charge in [0.15, 0.2) is 0 Å². The van der Waals surface area contributed by atoms with Crippen LogP contribution in [0.15, 0.2) is 12.2 Å². The predicted molar refractivity (Wildman–Crippen MR) is 82.6 cm³/mol. The molecule has 0 heterocycles. The van der Waals surface area contributed by atoms with E-state index in [9.17, 15) is 0 Å². The van der Waals surface area contributed by atoms with Crippen LogP contribution in [-0.4, -0.2) is 51.7 Å². The Labute approximate surface area is 111 Å². The molecule has 3 heteroatoms. The van der Waals surface area contributed by atoms with E-state index in [1.807, 2.05) is 0 Å². The van der Waals surface area contributed by atoms with E-state index in [1.54, 1.807) is 0 Å².